The summed E-state index contributed by atoms with van der Waals surface area (Å²) >= 11 is 0. The van der Waals surface area contributed by atoms with Gasteiger partial charge in [0.25, 0.3) is 5.91 Å². The number of nitrogens with zero attached hydrogens (tertiary/aromatic N) is 4. The highest BCUT2D eigenvalue weighted by Gasteiger charge is 2.15. The number of benzene rings is 2. The van der Waals surface area contributed by atoms with E-state index in [9.17, 15) is 4.79 Å². The largest absolute Gasteiger partial charge is 0.345 e. The molecule has 30 heavy (non-hydrogen) atoms. The van der Waals surface area contributed by atoms with Gasteiger partial charge in [0, 0.05) is 17.1 Å². The van der Waals surface area contributed by atoms with E-state index in [0.29, 0.717) is 11.4 Å². The summed E-state index contributed by atoms with van der Waals surface area (Å²) in [7, 11) is 0. The maximum absolute atomic E-state index is 13.1. The van der Waals surface area contributed by atoms with Gasteiger partial charge >= 0.3 is 0 Å². The molecule has 5 rings (SSSR count). The van der Waals surface area contributed by atoms with Crippen molar-refractivity contribution in [1.82, 2.24) is 24.9 Å². The number of carbonyl (C=O) groups is 1. The summed E-state index contributed by atoms with van der Waals surface area (Å²) in [6.45, 7) is 2.32. The molecule has 0 saturated heterocycles. The van der Waals surface area contributed by atoms with Crippen LogP contribution >= 0.6 is 0 Å². The molecule has 2 aromatic carbocycles. The van der Waals surface area contributed by atoms with E-state index >= 15 is 0 Å². The molecule has 146 valence electrons. The highest BCUT2D eigenvalue weighted by Crippen LogP contribution is 2.25. The van der Waals surface area contributed by atoms with Crippen LogP contribution < -0.4 is 5.32 Å². The van der Waals surface area contributed by atoms with Gasteiger partial charge in [-0.25, -0.2) is 4.98 Å². The predicted molar refractivity (Wildman–Crippen MR) is 116 cm³/mol. The minimum atomic E-state index is -0.172. The second kappa shape index (κ2) is 7.40. The van der Waals surface area contributed by atoms with E-state index in [0.717, 1.165) is 27.8 Å². The Bertz CT molecular complexity index is 1370. The molecule has 0 unspecified atom stereocenters. The number of nitrogens with one attached hydrogen (secondary N) is 1. The van der Waals surface area contributed by atoms with E-state index in [1.807, 2.05) is 90.3 Å². The molecular weight excluding hydrogens is 374 g/mol. The van der Waals surface area contributed by atoms with Gasteiger partial charge in [0.05, 0.1) is 23.3 Å². The molecule has 0 aliphatic rings. The zero-order chi connectivity index (χ0) is 20.5. The number of aromatic nitrogens is 4. The van der Waals surface area contributed by atoms with Crippen molar-refractivity contribution in [2.75, 3.05) is 0 Å². The van der Waals surface area contributed by atoms with Gasteiger partial charge in [-0.2, -0.15) is 0 Å². The Morgan fingerprint density at radius 3 is 2.63 bits per heavy atom. The molecule has 6 nitrogen and oxygen atoms in total. The summed E-state index contributed by atoms with van der Waals surface area (Å²) in [5.74, 6) is 0.505. The molecule has 0 radical (unpaired) electrons. The average Bonchev–Trinajstić information content (AvgIpc) is 3.20. The quantitative estimate of drug-likeness (QED) is 0.497. The van der Waals surface area contributed by atoms with Crippen molar-refractivity contribution < 1.29 is 4.79 Å². The molecule has 3 heterocycles. The normalized spacial score (nSPS) is 11.1. The molecule has 0 aliphatic heterocycles. The van der Waals surface area contributed by atoms with E-state index in [4.69, 9.17) is 4.98 Å². The maximum atomic E-state index is 13.1. The Morgan fingerprint density at radius 2 is 1.77 bits per heavy atom. The van der Waals surface area contributed by atoms with Crippen molar-refractivity contribution in [3.8, 4) is 11.3 Å². The summed E-state index contributed by atoms with van der Waals surface area (Å²) < 4.78 is 1.86. The Hall–Kier alpha value is -4.06. The van der Waals surface area contributed by atoms with Gasteiger partial charge in [-0.3, -0.25) is 9.20 Å². The van der Waals surface area contributed by atoms with Gasteiger partial charge in [-0.15, -0.1) is 10.2 Å². The number of aryl methyl sites for hydroxylation is 1. The standard InChI is InChI=1S/C24H19N5O/c1-16-9-11-17(12-10-16)21-14-19(18-6-2-3-7-20(18)26-21)24(30)25-15-23-28-27-22-8-4-5-13-29(22)23/h2-14H,15H2,1H3,(H,25,30). The molecule has 3 aromatic heterocycles. The van der Waals surface area contributed by atoms with Gasteiger partial charge in [-0.1, -0.05) is 54.1 Å². The molecular formula is C24H19N5O. The van der Waals surface area contributed by atoms with Gasteiger partial charge in [0.15, 0.2) is 11.5 Å². The Balaban J connectivity index is 1.50. The van der Waals surface area contributed by atoms with Crippen LogP contribution in [-0.4, -0.2) is 25.5 Å². The van der Waals surface area contributed by atoms with Crippen LogP contribution in [0, 0.1) is 6.92 Å². The lowest BCUT2D eigenvalue weighted by molar-refractivity contribution is 0.0951. The molecule has 6 heteroatoms. The SMILES string of the molecule is Cc1ccc(-c2cc(C(=O)NCc3nnc4ccccn34)c3ccccc3n2)cc1. The summed E-state index contributed by atoms with van der Waals surface area (Å²) in [4.78, 5) is 17.9. The Morgan fingerprint density at radius 1 is 0.967 bits per heavy atom. The monoisotopic (exact) mass is 393 g/mol. The fraction of sp³-hybridized carbons (Fsp3) is 0.0833. The fourth-order valence-electron chi connectivity index (χ4n) is 3.50. The first-order valence-corrected chi connectivity index (χ1v) is 9.73. The molecule has 0 fully saturated rings. The van der Waals surface area contributed by atoms with Crippen molar-refractivity contribution in [3.05, 3.63) is 95.9 Å². The smallest absolute Gasteiger partial charge is 0.252 e. The first-order chi connectivity index (χ1) is 14.7. The van der Waals surface area contributed by atoms with Gasteiger partial charge in [0.2, 0.25) is 0 Å². The third-order valence-corrected chi connectivity index (χ3v) is 5.10. The number of fused-ring (bicyclic) bond motifs is 2. The number of hydrogen-bond acceptors (Lipinski definition) is 4. The first-order valence-electron chi connectivity index (χ1n) is 9.73. The summed E-state index contributed by atoms with van der Waals surface area (Å²) in [6.07, 6.45) is 1.88. The predicted octanol–water partition coefficient (Wildman–Crippen LogP) is 4.18. The molecule has 1 N–H and O–H groups in total. The number of rotatable bonds is 4. The van der Waals surface area contributed by atoms with Crippen molar-refractivity contribution in [3.63, 3.8) is 0 Å². The summed E-state index contributed by atoms with van der Waals surface area (Å²) in [6, 6.07) is 23.4. The third kappa shape index (κ3) is 3.28. The van der Waals surface area contributed by atoms with Gasteiger partial charge in [-0.05, 0) is 31.2 Å². The lowest BCUT2D eigenvalue weighted by Gasteiger charge is -2.10. The van der Waals surface area contributed by atoms with Crippen molar-refractivity contribution in [2.24, 2.45) is 0 Å². The number of hydrogen-bond donors (Lipinski definition) is 1. The van der Waals surface area contributed by atoms with Crippen LogP contribution in [0.15, 0.2) is 79.0 Å². The third-order valence-electron chi connectivity index (χ3n) is 5.10. The van der Waals surface area contributed by atoms with Crippen LogP contribution in [-0.2, 0) is 6.54 Å². The zero-order valence-corrected chi connectivity index (χ0v) is 16.4. The van der Waals surface area contributed by atoms with E-state index < -0.39 is 0 Å². The fourth-order valence-corrected chi connectivity index (χ4v) is 3.50. The number of para-hydroxylation sites is 1. The Labute approximate surface area is 173 Å². The topological polar surface area (TPSA) is 72.2 Å². The average molecular weight is 393 g/mol. The van der Waals surface area contributed by atoms with E-state index in [1.165, 1.54) is 5.56 Å². The van der Waals surface area contributed by atoms with E-state index in [-0.39, 0.29) is 12.5 Å². The molecule has 0 aliphatic carbocycles. The number of pyridine rings is 2. The lowest BCUT2D eigenvalue weighted by Crippen LogP contribution is -2.24. The van der Waals surface area contributed by atoms with E-state index in [1.54, 1.807) is 0 Å². The minimum Gasteiger partial charge on any atom is -0.345 e. The van der Waals surface area contributed by atoms with Crippen LogP contribution in [0.4, 0.5) is 0 Å². The molecule has 0 atom stereocenters. The first kappa shape index (κ1) is 18.0. The van der Waals surface area contributed by atoms with Gasteiger partial charge in [0.1, 0.15) is 0 Å². The maximum Gasteiger partial charge on any atom is 0.252 e. The van der Waals surface area contributed by atoms with Crippen LogP contribution in [0.5, 0.6) is 0 Å². The highest BCUT2D eigenvalue weighted by molar-refractivity contribution is 6.07. The van der Waals surface area contributed by atoms with Gasteiger partial charge < -0.3 is 5.32 Å². The summed E-state index contributed by atoms with van der Waals surface area (Å²) in [5.41, 5.74) is 5.05. The molecule has 0 saturated carbocycles. The summed E-state index contributed by atoms with van der Waals surface area (Å²) in [5, 5.41) is 12.1. The van der Waals surface area contributed by atoms with Crippen LogP contribution in [0.25, 0.3) is 27.8 Å². The zero-order valence-electron chi connectivity index (χ0n) is 16.4. The number of amides is 1. The molecule has 5 aromatic rings. The second-order valence-electron chi connectivity index (χ2n) is 7.17. The van der Waals surface area contributed by atoms with Crippen LogP contribution in [0.1, 0.15) is 21.7 Å². The molecule has 0 spiro atoms. The molecule has 1 amide bonds. The molecule has 0 bridgehead atoms. The lowest BCUT2D eigenvalue weighted by atomic mass is 10.0. The van der Waals surface area contributed by atoms with Crippen molar-refractivity contribution >= 4 is 22.5 Å². The second-order valence-corrected chi connectivity index (χ2v) is 7.17. The van der Waals surface area contributed by atoms with E-state index in [2.05, 4.69) is 15.5 Å². The van der Waals surface area contributed by atoms with Crippen LogP contribution in [0.2, 0.25) is 0 Å². The van der Waals surface area contributed by atoms with Crippen LogP contribution in [0.3, 0.4) is 0 Å². The van der Waals surface area contributed by atoms with Crippen molar-refractivity contribution in [1.29, 1.82) is 0 Å². The Kier molecular flexibility index (Phi) is 4.44. The highest BCUT2D eigenvalue weighted by atomic mass is 16.1. The minimum absolute atomic E-state index is 0.172. The van der Waals surface area contributed by atoms with Crippen molar-refractivity contribution in [2.45, 2.75) is 13.5 Å². The number of carbonyl (C=O) groups excluding carboxylic acids is 1.